The largest absolute Gasteiger partial charge is 0.354 e. The Morgan fingerprint density at radius 1 is 1.00 bits per heavy atom. The summed E-state index contributed by atoms with van der Waals surface area (Å²) in [4.78, 5) is 6.07. The Bertz CT molecular complexity index is 1170. The Hall–Kier alpha value is -2.43. The first-order valence-corrected chi connectivity index (χ1v) is 11.3. The second kappa shape index (κ2) is 8.37. The van der Waals surface area contributed by atoms with E-state index < -0.39 is 0 Å². The molecule has 1 unspecified atom stereocenters. The molecular weight excluding hydrogens is 439 g/mol. The molecule has 0 spiro atoms. The summed E-state index contributed by atoms with van der Waals surface area (Å²) >= 11 is 3.35. The van der Waals surface area contributed by atoms with Crippen LogP contribution in [-0.2, 0) is 6.54 Å². The standard InChI is InChI=1S/C26H24BrFN2/c27-21-13-12-19(23(28)15-21)16-30-14-6-9-20(17-30)25-22-10-4-5-11-24(22)29-26(25)18-7-2-1-3-8-18/h1-5,7-8,10-13,15,20,29H,6,9,14,16-17H2. The summed E-state index contributed by atoms with van der Waals surface area (Å²) in [5, 5.41) is 1.30. The molecule has 1 saturated heterocycles. The van der Waals surface area contributed by atoms with Crippen LogP contribution in [0.1, 0.15) is 29.9 Å². The maximum absolute atomic E-state index is 14.4. The number of nitrogens with zero attached hydrogens (tertiary/aromatic N) is 1. The van der Waals surface area contributed by atoms with Gasteiger partial charge in [0.05, 0.1) is 5.69 Å². The first-order valence-electron chi connectivity index (χ1n) is 10.5. The lowest BCUT2D eigenvalue weighted by atomic mass is 9.87. The zero-order chi connectivity index (χ0) is 20.5. The predicted molar refractivity (Wildman–Crippen MR) is 125 cm³/mol. The van der Waals surface area contributed by atoms with Gasteiger partial charge in [-0.3, -0.25) is 4.90 Å². The Morgan fingerprint density at radius 2 is 1.80 bits per heavy atom. The molecule has 4 aromatic rings. The van der Waals surface area contributed by atoms with Crippen LogP contribution in [0.3, 0.4) is 0 Å². The van der Waals surface area contributed by atoms with Gasteiger partial charge in [-0.05, 0) is 54.6 Å². The van der Waals surface area contributed by atoms with Crippen LogP contribution in [0.15, 0.2) is 77.3 Å². The van der Waals surface area contributed by atoms with Crippen molar-refractivity contribution in [3.05, 3.63) is 94.2 Å². The fourth-order valence-electron chi connectivity index (χ4n) is 4.75. The van der Waals surface area contributed by atoms with Gasteiger partial charge >= 0.3 is 0 Å². The summed E-state index contributed by atoms with van der Waals surface area (Å²) in [7, 11) is 0. The average molecular weight is 463 g/mol. The molecule has 3 aromatic carbocycles. The van der Waals surface area contributed by atoms with Gasteiger partial charge in [0.2, 0.25) is 0 Å². The number of fused-ring (bicyclic) bond motifs is 1. The van der Waals surface area contributed by atoms with Gasteiger partial charge in [-0.2, -0.15) is 0 Å². The highest BCUT2D eigenvalue weighted by Crippen LogP contribution is 2.39. The van der Waals surface area contributed by atoms with Crippen LogP contribution < -0.4 is 0 Å². The van der Waals surface area contributed by atoms with Crippen LogP contribution in [0.25, 0.3) is 22.2 Å². The monoisotopic (exact) mass is 462 g/mol. The quantitative estimate of drug-likeness (QED) is 0.342. The lowest BCUT2D eigenvalue weighted by molar-refractivity contribution is 0.198. The molecule has 2 heterocycles. The molecule has 1 N–H and O–H groups in total. The van der Waals surface area contributed by atoms with Crippen molar-refractivity contribution < 1.29 is 4.39 Å². The number of aromatic nitrogens is 1. The van der Waals surface area contributed by atoms with E-state index in [1.54, 1.807) is 6.07 Å². The summed E-state index contributed by atoms with van der Waals surface area (Å²) in [6.45, 7) is 2.60. The Morgan fingerprint density at radius 3 is 2.63 bits per heavy atom. The Balaban J connectivity index is 1.49. The van der Waals surface area contributed by atoms with Crippen molar-refractivity contribution in [1.29, 1.82) is 0 Å². The summed E-state index contributed by atoms with van der Waals surface area (Å²) in [5.74, 6) is 0.284. The van der Waals surface area contributed by atoms with Crippen molar-refractivity contribution >= 4 is 26.8 Å². The fourth-order valence-corrected chi connectivity index (χ4v) is 5.08. The normalized spacial score (nSPS) is 17.5. The molecule has 0 aliphatic carbocycles. The number of hydrogen-bond donors (Lipinski definition) is 1. The number of halogens is 2. The van der Waals surface area contributed by atoms with Gasteiger partial charge in [0.15, 0.2) is 0 Å². The van der Waals surface area contributed by atoms with E-state index in [9.17, 15) is 4.39 Å². The number of benzene rings is 3. The van der Waals surface area contributed by atoms with E-state index >= 15 is 0 Å². The molecule has 4 heteroatoms. The molecule has 2 nitrogen and oxygen atoms in total. The molecule has 1 aliphatic heterocycles. The summed E-state index contributed by atoms with van der Waals surface area (Å²) in [5.41, 5.74) is 5.79. The summed E-state index contributed by atoms with van der Waals surface area (Å²) < 4.78 is 15.2. The second-order valence-corrected chi connectivity index (χ2v) is 9.05. The number of hydrogen-bond acceptors (Lipinski definition) is 1. The third kappa shape index (κ3) is 3.82. The van der Waals surface area contributed by atoms with Crippen LogP contribution in [0, 0.1) is 5.82 Å². The van der Waals surface area contributed by atoms with Gasteiger partial charge in [-0.1, -0.05) is 70.5 Å². The first kappa shape index (κ1) is 19.5. The molecule has 30 heavy (non-hydrogen) atoms. The number of para-hydroxylation sites is 1. The van der Waals surface area contributed by atoms with Crippen molar-refractivity contribution in [1.82, 2.24) is 9.88 Å². The van der Waals surface area contributed by atoms with E-state index in [1.807, 2.05) is 12.1 Å². The fraction of sp³-hybridized carbons (Fsp3) is 0.231. The number of aromatic amines is 1. The number of H-pyrrole nitrogens is 1. The summed E-state index contributed by atoms with van der Waals surface area (Å²) in [6.07, 6.45) is 2.28. The highest BCUT2D eigenvalue weighted by atomic mass is 79.9. The third-order valence-corrected chi connectivity index (χ3v) is 6.62. The molecule has 5 rings (SSSR count). The first-order chi connectivity index (χ1) is 14.7. The smallest absolute Gasteiger partial charge is 0.128 e. The minimum atomic E-state index is -0.136. The molecule has 1 atom stereocenters. The van der Waals surface area contributed by atoms with Crippen molar-refractivity contribution in [2.24, 2.45) is 0 Å². The highest BCUT2D eigenvalue weighted by Gasteiger charge is 2.27. The molecule has 0 bridgehead atoms. The highest BCUT2D eigenvalue weighted by molar-refractivity contribution is 9.10. The van der Waals surface area contributed by atoms with Crippen molar-refractivity contribution in [2.75, 3.05) is 13.1 Å². The average Bonchev–Trinajstić information content (AvgIpc) is 3.16. The topological polar surface area (TPSA) is 19.0 Å². The number of nitrogens with one attached hydrogen (secondary N) is 1. The molecule has 0 radical (unpaired) electrons. The predicted octanol–water partition coefficient (Wildman–Crippen LogP) is 7.12. The molecule has 1 fully saturated rings. The van der Waals surface area contributed by atoms with Crippen molar-refractivity contribution in [2.45, 2.75) is 25.3 Å². The van der Waals surface area contributed by atoms with Crippen LogP contribution in [0.2, 0.25) is 0 Å². The Labute approximate surface area is 184 Å². The zero-order valence-corrected chi connectivity index (χ0v) is 18.3. The number of piperidine rings is 1. The van der Waals surface area contributed by atoms with Gasteiger partial charge in [0.1, 0.15) is 5.82 Å². The number of likely N-dealkylation sites (tertiary alicyclic amines) is 1. The van der Waals surface area contributed by atoms with Gasteiger partial charge in [0, 0.05) is 34.0 Å². The van der Waals surface area contributed by atoms with E-state index in [-0.39, 0.29) is 5.82 Å². The van der Waals surface area contributed by atoms with E-state index in [1.165, 1.54) is 27.7 Å². The summed E-state index contributed by atoms with van der Waals surface area (Å²) in [6, 6.07) is 24.5. The van der Waals surface area contributed by atoms with Crippen LogP contribution in [0.4, 0.5) is 4.39 Å². The van der Waals surface area contributed by atoms with Crippen LogP contribution >= 0.6 is 15.9 Å². The molecule has 1 aromatic heterocycles. The van der Waals surface area contributed by atoms with Crippen LogP contribution in [-0.4, -0.2) is 23.0 Å². The van der Waals surface area contributed by atoms with E-state index in [0.29, 0.717) is 12.5 Å². The zero-order valence-electron chi connectivity index (χ0n) is 16.7. The minimum Gasteiger partial charge on any atom is -0.354 e. The lowest BCUT2D eigenvalue weighted by Crippen LogP contribution is -2.34. The van der Waals surface area contributed by atoms with Crippen LogP contribution in [0.5, 0.6) is 0 Å². The molecular formula is C26H24BrFN2. The van der Waals surface area contributed by atoms with E-state index in [0.717, 1.165) is 36.0 Å². The Kier molecular flexibility index (Phi) is 5.45. The number of rotatable bonds is 4. The molecule has 0 amide bonds. The van der Waals surface area contributed by atoms with E-state index in [2.05, 4.69) is 80.4 Å². The maximum Gasteiger partial charge on any atom is 0.128 e. The third-order valence-electron chi connectivity index (χ3n) is 6.13. The molecule has 152 valence electrons. The van der Waals surface area contributed by atoms with Gasteiger partial charge in [-0.25, -0.2) is 4.39 Å². The van der Waals surface area contributed by atoms with Gasteiger partial charge < -0.3 is 4.98 Å². The van der Waals surface area contributed by atoms with Crippen molar-refractivity contribution in [3.63, 3.8) is 0 Å². The molecule has 1 aliphatic rings. The van der Waals surface area contributed by atoms with E-state index in [4.69, 9.17) is 0 Å². The SMILES string of the molecule is Fc1cc(Br)ccc1CN1CCCC(c2c(-c3ccccc3)[nH]c3ccccc23)C1. The second-order valence-electron chi connectivity index (χ2n) is 8.14. The lowest BCUT2D eigenvalue weighted by Gasteiger charge is -2.33. The van der Waals surface area contributed by atoms with Gasteiger partial charge in [0.25, 0.3) is 0 Å². The van der Waals surface area contributed by atoms with Crippen molar-refractivity contribution in [3.8, 4) is 11.3 Å². The maximum atomic E-state index is 14.4. The minimum absolute atomic E-state index is 0.136. The van der Waals surface area contributed by atoms with Gasteiger partial charge in [-0.15, -0.1) is 0 Å². The molecule has 0 saturated carbocycles.